The van der Waals surface area contributed by atoms with E-state index >= 15 is 0 Å². The molecule has 2 aliphatic rings. The van der Waals surface area contributed by atoms with E-state index in [0.29, 0.717) is 30.5 Å². The summed E-state index contributed by atoms with van der Waals surface area (Å²) in [6, 6.07) is 2.63. The first-order valence-electron chi connectivity index (χ1n) is 6.95. The number of anilines is 1. The molecule has 0 atom stereocenters. The fourth-order valence-electron chi connectivity index (χ4n) is 2.53. The van der Waals surface area contributed by atoms with Gasteiger partial charge in [-0.25, -0.2) is 4.39 Å². The van der Waals surface area contributed by atoms with Gasteiger partial charge >= 0.3 is 0 Å². The fourth-order valence-corrected chi connectivity index (χ4v) is 2.53. The summed E-state index contributed by atoms with van der Waals surface area (Å²) in [7, 11) is 0. The standard InChI is InChI=1S/C15H15FN2O3/c16-12-5-10-3-4-17-15(21)11(10)6-13(12)18(8-19)7-14(20)9-1-2-9/h5-6,8-9H,1-4,7H2,(H,17,21). The van der Waals surface area contributed by atoms with E-state index in [9.17, 15) is 18.8 Å². The van der Waals surface area contributed by atoms with Crippen LogP contribution >= 0.6 is 0 Å². The zero-order valence-corrected chi connectivity index (χ0v) is 11.4. The molecule has 1 fully saturated rings. The number of amides is 2. The van der Waals surface area contributed by atoms with Crippen molar-refractivity contribution in [3.05, 3.63) is 29.1 Å². The Balaban J connectivity index is 1.92. The third-order valence-corrected chi connectivity index (χ3v) is 3.89. The van der Waals surface area contributed by atoms with Crippen LogP contribution in [0.5, 0.6) is 0 Å². The van der Waals surface area contributed by atoms with Crippen LogP contribution in [0.1, 0.15) is 28.8 Å². The molecule has 2 amide bonds. The highest BCUT2D eigenvalue weighted by molar-refractivity contribution is 5.99. The predicted octanol–water partition coefficient (Wildman–Crippen LogP) is 1.05. The molecule has 0 unspecified atom stereocenters. The molecule has 1 heterocycles. The summed E-state index contributed by atoms with van der Waals surface area (Å²) in [5, 5.41) is 2.68. The van der Waals surface area contributed by atoms with Crippen molar-refractivity contribution in [2.24, 2.45) is 5.92 Å². The van der Waals surface area contributed by atoms with E-state index in [1.807, 2.05) is 0 Å². The zero-order valence-electron chi connectivity index (χ0n) is 11.4. The summed E-state index contributed by atoms with van der Waals surface area (Å²) in [4.78, 5) is 35.8. The minimum Gasteiger partial charge on any atom is -0.352 e. The Kier molecular flexibility index (Phi) is 3.45. The topological polar surface area (TPSA) is 66.5 Å². The second-order valence-corrected chi connectivity index (χ2v) is 5.44. The van der Waals surface area contributed by atoms with Crippen LogP contribution < -0.4 is 10.2 Å². The van der Waals surface area contributed by atoms with Crippen molar-refractivity contribution in [1.29, 1.82) is 0 Å². The van der Waals surface area contributed by atoms with Crippen LogP contribution in [0.4, 0.5) is 10.1 Å². The van der Waals surface area contributed by atoms with Crippen LogP contribution in [0, 0.1) is 11.7 Å². The molecule has 1 aliphatic heterocycles. The molecule has 6 heteroatoms. The van der Waals surface area contributed by atoms with Gasteiger partial charge in [0.25, 0.3) is 5.91 Å². The monoisotopic (exact) mass is 290 g/mol. The smallest absolute Gasteiger partial charge is 0.251 e. The maximum absolute atomic E-state index is 14.2. The normalized spacial score (nSPS) is 16.9. The van der Waals surface area contributed by atoms with E-state index in [1.165, 1.54) is 12.1 Å². The number of carbonyl (C=O) groups excluding carboxylic acids is 3. The van der Waals surface area contributed by atoms with E-state index in [2.05, 4.69) is 5.32 Å². The molecule has 0 radical (unpaired) electrons. The van der Waals surface area contributed by atoms with Gasteiger partial charge in [0.1, 0.15) is 5.82 Å². The maximum atomic E-state index is 14.2. The highest BCUT2D eigenvalue weighted by Crippen LogP contribution is 2.31. The van der Waals surface area contributed by atoms with Crippen LogP contribution in [0.2, 0.25) is 0 Å². The minimum absolute atomic E-state index is 0.00330. The van der Waals surface area contributed by atoms with Gasteiger partial charge in [-0.15, -0.1) is 0 Å². The van der Waals surface area contributed by atoms with Crippen molar-refractivity contribution in [1.82, 2.24) is 5.32 Å². The van der Waals surface area contributed by atoms with Crippen LogP contribution in [-0.4, -0.2) is 31.2 Å². The lowest BCUT2D eigenvalue weighted by Crippen LogP contribution is -2.34. The van der Waals surface area contributed by atoms with Gasteiger partial charge in [0.2, 0.25) is 6.41 Å². The maximum Gasteiger partial charge on any atom is 0.251 e. The fraction of sp³-hybridized carbons (Fsp3) is 0.400. The van der Waals surface area contributed by atoms with E-state index in [1.54, 1.807) is 0 Å². The third kappa shape index (κ3) is 2.66. The Bertz CT molecular complexity index is 626. The molecule has 1 aromatic carbocycles. The van der Waals surface area contributed by atoms with Crippen molar-refractivity contribution in [2.45, 2.75) is 19.3 Å². The van der Waals surface area contributed by atoms with E-state index < -0.39 is 5.82 Å². The Morgan fingerprint density at radius 2 is 2.19 bits per heavy atom. The van der Waals surface area contributed by atoms with Gasteiger partial charge in [-0.05, 0) is 37.0 Å². The molecule has 5 nitrogen and oxygen atoms in total. The minimum atomic E-state index is -0.584. The van der Waals surface area contributed by atoms with Crippen molar-refractivity contribution in [3.63, 3.8) is 0 Å². The molecule has 0 aromatic heterocycles. The first-order valence-corrected chi connectivity index (χ1v) is 6.95. The Labute approximate surface area is 121 Å². The molecular weight excluding hydrogens is 275 g/mol. The summed E-state index contributed by atoms with van der Waals surface area (Å²) in [6.07, 6.45) is 2.66. The molecule has 1 aliphatic carbocycles. The van der Waals surface area contributed by atoms with Crippen molar-refractivity contribution in [2.75, 3.05) is 18.0 Å². The molecule has 0 spiro atoms. The summed E-state index contributed by atoms with van der Waals surface area (Å²) in [5.41, 5.74) is 0.970. The average molecular weight is 290 g/mol. The van der Waals surface area contributed by atoms with E-state index in [0.717, 1.165) is 17.7 Å². The predicted molar refractivity (Wildman–Crippen MR) is 73.6 cm³/mol. The quantitative estimate of drug-likeness (QED) is 0.824. The number of nitrogens with zero attached hydrogens (tertiary/aromatic N) is 1. The first-order chi connectivity index (χ1) is 10.1. The van der Waals surface area contributed by atoms with Gasteiger partial charge in [-0.1, -0.05) is 0 Å². The van der Waals surface area contributed by atoms with E-state index in [4.69, 9.17) is 0 Å². The molecule has 1 saturated carbocycles. The zero-order chi connectivity index (χ0) is 15.0. The van der Waals surface area contributed by atoms with Crippen LogP contribution in [0.3, 0.4) is 0 Å². The van der Waals surface area contributed by atoms with E-state index in [-0.39, 0.29) is 29.8 Å². The second kappa shape index (κ2) is 5.27. The lowest BCUT2D eigenvalue weighted by atomic mass is 9.99. The van der Waals surface area contributed by atoms with Gasteiger partial charge in [0.15, 0.2) is 5.78 Å². The number of halogens is 1. The summed E-state index contributed by atoms with van der Waals surface area (Å²) < 4.78 is 14.2. The van der Waals surface area contributed by atoms with Gasteiger partial charge in [-0.2, -0.15) is 0 Å². The van der Waals surface area contributed by atoms with Gasteiger partial charge < -0.3 is 10.2 Å². The Morgan fingerprint density at radius 3 is 2.86 bits per heavy atom. The number of benzene rings is 1. The Hall–Kier alpha value is -2.24. The molecule has 1 N–H and O–H groups in total. The number of ketones is 1. The highest BCUT2D eigenvalue weighted by atomic mass is 19.1. The van der Waals surface area contributed by atoms with Crippen LogP contribution in [0.15, 0.2) is 12.1 Å². The lowest BCUT2D eigenvalue weighted by Gasteiger charge is -2.22. The second-order valence-electron chi connectivity index (χ2n) is 5.44. The number of rotatable bonds is 5. The largest absolute Gasteiger partial charge is 0.352 e. The van der Waals surface area contributed by atoms with Crippen LogP contribution in [0.25, 0.3) is 0 Å². The molecule has 3 rings (SSSR count). The van der Waals surface area contributed by atoms with Gasteiger partial charge in [0.05, 0.1) is 12.2 Å². The number of hydrogen-bond acceptors (Lipinski definition) is 3. The summed E-state index contributed by atoms with van der Waals surface area (Å²) in [6.45, 7) is 0.327. The highest BCUT2D eigenvalue weighted by Gasteiger charge is 2.31. The lowest BCUT2D eigenvalue weighted by molar-refractivity contribution is -0.120. The summed E-state index contributed by atoms with van der Waals surface area (Å²) in [5.74, 6) is -0.934. The van der Waals surface area contributed by atoms with Crippen molar-refractivity contribution >= 4 is 23.8 Å². The molecule has 1 aromatic rings. The number of nitrogens with one attached hydrogen (secondary N) is 1. The first kappa shape index (κ1) is 13.7. The molecule has 21 heavy (non-hydrogen) atoms. The number of Topliss-reactive ketones (excluding diaryl/α,β-unsaturated/α-hetero) is 1. The van der Waals surface area contributed by atoms with Crippen LogP contribution in [-0.2, 0) is 16.0 Å². The molecule has 0 bridgehead atoms. The third-order valence-electron chi connectivity index (χ3n) is 3.89. The van der Waals surface area contributed by atoms with Crippen molar-refractivity contribution < 1.29 is 18.8 Å². The number of fused-ring (bicyclic) bond motifs is 1. The Morgan fingerprint density at radius 1 is 1.43 bits per heavy atom. The average Bonchev–Trinajstić information content (AvgIpc) is 3.29. The molecule has 110 valence electrons. The van der Waals surface area contributed by atoms with Gasteiger partial charge in [0, 0.05) is 18.0 Å². The van der Waals surface area contributed by atoms with Crippen molar-refractivity contribution in [3.8, 4) is 0 Å². The van der Waals surface area contributed by atoms with Gasteiger partial charge in [-0.3, -0.25) is 14.4 Å². The summed E-state index contributed by atoms with van der Waals surface area (Å²) >= 11 is 0. The number of hydrogen-bond donors (Lipinski definition) is 1. The SMILES string of the molecule is O=CN(CC(=O)C1CC1)c1cc2c(cc1F)CCNC2=O. The molecule has 0 saturated heterocycles. The molecular formula is C15H15FN2O3. The number of carbonyl (C=O) groups is 3.